The van der Waals surface area contributed by atoms with E-state index in [2.05, 4.69) is 0 Å². The van der Waals surface area contributed by atoms with Crippen molar-refractivity contribution in [1.82, 2.24) is 0 Å². The Morgan fingerprint density at radius 1 is 0.833 bits per heavy atom. The molecule has 0 aliphatic heterocycles. The summed E-state index contributed by atoms with van der Waals surface area (Å²) in [6, 6.07) is 0. The Bertz CT molecular complexity index is 176. The first-order valence-corrected chi connectivity index (χ1v) is 2.39. The molecule has 0 saturated carbocycles. The Morgan fingerprint density at radius 2 is 1.08 bits per heavy atom. The molecular formula is C6H4Li2O4. The van der Waals surface area contributed by atoms with Crippen molar-refractivity contribution in [3.05, 3.63) is 24.3 Å². The first kappa shape index (κ1) is 17.6. The Hall–Kier alpha value is -0.385. The van der Waals surface area contributed by atoms with Crippen LogP contribution in [0, 0.1) is 0 Å². The van der Waals surface area contributed by atoms with E-state index in [1.165, 1.54) is 0 Å². The molecule has 0 heterocycles. The minimum absolute atomic E-state index is 0. The standard InChI is InChI=1S/C6H6O4.2Li/c7-5(8)3-1-2-4-6(9)10;;/h1-4H,(H,7,8)(H,9,10);;/q;2*+1/p-2/b3-1+,4-2+;;. The number of hydrogen-bond donors (Lipinski definition) is 0. The zero-order valence-corrected chi connectivity index (χ0v) is 6.94. The molecule has 0 spiro atoms. The average molecular weight is 154 g/mol. The summed E-state index contributed by atoms with van der Waals surface area (Å²) in [6.07, 6.45) is 3.48. The van der Waals surface area contributed by atoms with Gasteiger partial charge in [0, 0.05) is 0 Å². The number of aliphatic carboxylic acids is 2. The fourth-order valence-corrected chi connectivity index (χ4v) is 0.268. The maximum atomic E-state index is 9.65. The Labute approximate surface area is 93.7 Å². The minimum Gasteiger partial charge on any atom is -0.545 e. The number of allylic oxidation sites excluding steroid dienone is 2. The molecule has 12 heavy (non-hydrogen) atoms. The molecule has 0 fully saturated rings. The predicted octanol–water partition coefficient (Wildman–Crippen LogP) is -8.39. The fraction of sp³-hybridized carbons (Fsp3) is 0. The van der Waals surface area contributed by atoms with E-state index in [0.717, 1.165) is 12.2 Å². The van der Waals surface area contributed by atoms with Crippen LogP contribution in [0.3, 0.4) is 0 Å². The van der Waals surface area contributed by atoms with Crippen LogP contribution in [-0.4, -0.2) is 11.9 Å². The van der Waals surface area contributed by atoms with Crippen LogP contribution in [-0.2, 0) is 9.59 Å². The van der Waals surface area contributed by atoms with Gasteiger partial charge in [-0.25, -0.2) is 0 Å². The van der Waals surface area contributed by atoms with Gasteiger partial charge in [0.1, 0.15) is 0 Å². The number of rotatable bonds is 3. The van der Waals surface area contributed by atoms with Crippen molar-refractivity contribution < 1.29 is 57.5 Å². The van der Waals surface area contributed by atoms with Crippen molar-refractivity contribution in [2.24, 2.45) is 0 Å². The van der Waals surface area contributed by atoms with Gasteiger partial charge in [-0.15, -0.1) is 0 Å². The molecule has 0 aromatic carbocycles. The van der Waals surface area contributed by atoms with Crippen LogP contribution in [0.5, 0.6) is 0 Å². The Balaban J connectivity index is -0.000000405. The second-order valence-corrected chi connectivity index (χ2v) is 1.36. The molecule has 0 saturated heterocycles. The average Bonchev–Trinajstić information content (AvgIpc) is 1.79. The van der Waals surface area contributed by atoms with Gasteiger partial charge in [0.15, 0.2) is 0 Å². The van der Waals surface area contributed by atoms with E-state index in [1.807, 2.05) is 0 Å². The Kier molecular flexibility index (Phi) is 15.6. The molecule has 0 N–H and O–H groups in total. The molecule has 0 bridgehead atoms. The largest absolute Gasteiger partial charge is 1.00 e. The molecule has 54 valence electrons. The fourth-order valence-electron chi connectivity index (χ4n) is 0.268. The molecule has 0 aromatic heterocycles. The summed E-state index contributed by atoms with van der Waals surface area (Å²) in [5, 5.41) is 19.3. The number of carbonyl (C=O) groups is 2. The summed E-state index contributed by atoms with van der Waals surface area (Å²) in [7, 11) is 0. The maximum Gasteiger partial charge on any atom is 1.00 e. The number of carboxylic acids is 2. The van der Waals surface area contributed by atoms with E-state index in [9.17, 15) is 19.8 Å². The quantitative estimate of drug-likeness (QED) is 0.229. The van der Waals surface area contributed by atoms with Crippen LogP contribution in [0.15, 0.2) is 24.3 Å². The minimum atomic E-state index is -1.37. The van der Waals surface area contributed by atoms with Gasteiger partial charge < -0.3 is 19.8 Å². The van der Waals surface area contributed by atoms with Gasteiger partial charge in [-0.3, -0.25) is 0 Å². The maximum absolute atomic E-state index is 9.65. The predicted molar refractivity (Wildman–Crippen MR) is 28.3 cm³/mol. The van der Waals surface area contributed by atoms with Crippen LogP contribution < -0.4 is 47.9 Å². The van der Waals surface area contributed by atoms with Crippen LogP contribution >= 0.6 is 0 Å². The van der Waals surface area contributed by atoms with Gasteiger partial charge >= 0.3 is 37.7 Å². The van der Waals surface area contributed by atoms with E-state index in [1.54, 1.807) is 0 Å². The second kappa shape index (κ2) is 10.6. The number of hydrogen-bond acceptors (Lipinski definition) is 4. The molecule has 0 aliphatic rings. The van der Waals surface area contributed by atoms with Crippen molar-refractivity contribution in [3.8, 4) is 0 Å². The number of carboxylic acid groups (broad SMARTS) is 2. The summed E-state index contributed by atoms with van der Waals surface area (Å²) in [5.74, 6) is -2.74. The third-order valence-corrected chi connectivity index (χ3v) is 0.576. The molecule has 0 rings (SSSR count). The summed E-state index contributed by atoms with van der Waals surface area (Å²) in [6.45, 7) is 0. The van der Waals surface area contributed by atoms with Crippen molar-refractivity contribution in [1.29, 1.82) is 0 Å². The SMILES string of the molecule is O=C([O-])/C=C/C=C/C(=O)[O-].[Li+].[Li+]. The van der Waals surface area contributed by atoms with Crippen LogP contribution in [0.4, 0.5) is 0 Å². The van der Waals surface area contributed by atoms with E-state index in [0.29, 0.717) is 12.2 Å². The molecule has 4 nitrogen and oxygen atoms in total. The van der Waals surface area contributed by atoms with Gasteiger partial charge in [-0.1, -0.05) is 12.2 Å². The topological polar surface area (TPSA) is 80.3 Å². The summed E-state index contributed by atoms with van der Waals surface area (Å²) in [5.41, 5.74) is 0. The van der Waals surface area contributed by atoms with E-state index >= 15 is 0 Å². The molecule has 0 atom stereocenters. The van der Waals surface area contributed by atoms with Gasteiger partial charge in [-0.2, -0.15) is 0 Å². The molecule has 0 aliphatic carbocycles. The van der Waals surface area contributed by atoms with Gasteiger partial charge in [0.2, 0.25) is 0 Å². The van der Waals surface area contributed by atoms with Gasteiger partial charge in [0.05, 0.1) is 11.9 Å². The number of carbonyl (C=O) groups excluding carboxylic acids is 2. The van der Waals surface area contributed by atoms with E-state index in [4.69, 9.17) is 0 Å². The van der Waals surface area contributed by atoms with Gasteiger partial charge in [-0.05, 0) is 12.2 Å². The third kappa shape index (κ3) is 16.3. The molecule has 6 heteroatoms. The second-order valence-electron chi connectivity index (χ2n) is 1.36. The van der Waals surface area contributed by atoms with E-state index in [-0.39, 0.29) is 37.7 Å². The van der Waals surface area contributed by atoms with Gasteiger partial charge in [0.25, 0.3) is 0 Å². The van der Waals surface area contributed by atoms with Crippen LogP contribution in [0.2, 0.25) is 0 Å². The first-order valence-electron chi connectivity index (χ1n) is 2.39. The summed E-state index contributed by atoms with van der Waals surface area (Å²) < 4.78 is 0. The molecule has 0 radical (unpaired) electrons. The zero-order chi connectivity index (χ0) is 7.98. The monoisotopic (exact) mass is 154 g/mol. The van der Waals surface area contributed by atoms with E-state index < -0.39 is 11.9 Å². The Morgan fingerprint density at radius 3 is 1.25 bits per heavy atom. The first-order chi connectivity index (χ1) is 4.63. The van der Waals surface area contributed by atoms with Crippen molar-refractivity contribution in [3.63, 3.8) is 0 Å². The van der Waals surface area contributed by atoms with Crippen molar-refractivity contribution in [2.45, 2.75) is 0 Å². The molecular weight excluding hydrogens is 150 g/mol. The zero-order valence-electron chi connectivity index (χ0n) is 6.94. The third-order valence-electron chi connectivity index (χ3n) is 0.576. The molecule has 0 amide bonds. The smallest absolute Gasteiger partial charge is 0.545 e. The molecule has 0 aromatic rings. The summed E-state index contributed by atoms with van der Waals surface area (Å²) in [4.78, 5) is 19.3. The van der Waals surface area contributed by atoms with Crippen LogP contribution in [0.1, 0.15) is 0 Å². The summed E-state index contributed by atoms with van der Waals surface area (Å²) >= 11 is 0. The van der Waals surface area contributed by atoms with Crippen molar-refractivity contribution >= 4 is 11.9 Å². The van der Waals surface area contributed by atoms with Crippen LogP contribution in [0.25, 0.3) is 0 Å². The normalized spacial score (nSPS) is 9.00. The molecule has 0 unspecified atom stereocenters. The van der Waals surface area contributed by atoms with Crippen molar-refractivity contribution in [2.75, 3.05) is 0 Å².